The molecule has 0 amide bonds. The molecular weight excluding hydrogens is 282 g/mol. The molecule has 0 aromatic heterocycles. The van der Waals surface area contributed by atoms with Crippen molar-refractivity contribution in [3.63, 3.8) is 0 Å². The Morgan fingerprint density at radius 1 is 0.909 bits per heavy atom. The molecule has 1 aromatic rings. The first kappa shape index (κ1) is 15.6. The van der Waals surface area contributed by atoms with Gasteiger partial charge in [-0.1, -0.05) is 13.8 Å². The number of ether oxygens (including phenoxy) is 4. The summed E-state index contributed by atoms with van der Waals surface area (Å²) in [6, 6.07) is 8.25. The minimum atomic E-state index is 0.296. The molecule has 3 aliphatic rings. The molecule has 0 spiro atoms. The number of hydrogen-bond donors (Lipinski definition) is 0. The lowest BCUT2D eigenvalue weighted by Crippen LogP contribution is -2.31. The zero-order valence-corrected chi connectivity index (χ0v) is 13.4. The van der Waals surface area contributed by atoms with Gasteiger partial charge in [0.2, 0.25) is 0 Å². The van der Waals surface area contributed by atoms with Gasteiger partial charge in [-0.25, -0.2) is 0 Å². The Kier molecular flexibility index (Phi) is 5.18. The summed E-state index contributed by atoms with van der Waals surface area (Å²) in [5, 5.41) is 0. The molecule has 4 rings (SSSR count). The van der Waals surface area contributed by atoms with Gasteiger partial charge in [0.1, 0.15) is 18.5 Å². The van der Waals surface area contributed by atoms with Gasteiger partial charge in [0.05, 0.1) is 32.0 Å². The summed E-state index contributed by atoms with van der Waals surface area (Å²) < 4.78 is 21.5. The Morgan fingerprint density at radius 3 is 1.86 bits per heavy atom. The lowest BCUT2D eigenvalue weighted by molar-refractivity contribution is 0.263. The number of rotatable bonds is 8. The molecule has 122 valence electrons. The average Bonchev–Trinajstić information content (AvgIpc) is 3.38. The lowest BCUT2D eigenvalue weighted by Gasteiger charge is -2.23. The number of anilines is 1. The van der Waals surface area contributed by atoms with E-state index in [0.29, 0.717) is 24.9 Å². The molecule has 5 nitrogen and oxygen atoms in total. The van der Waals surface area contributed by atoms with Crippen LogP contribution in [0.5, 0.6) is 5.75 Å². The first-order chi connectivity index (χ1) is 10.9. The van der Waals surface area contributed by atoms with E-state index in [1.165, 1.54) is 5.69 Å². The summed E-state index contributed by atoms with van der Waals surface area (Å²) in [5.74, 6) is 0.898. The van der Waals surface area contributed by atoms with E-state index in [2.05, 4.69) is 17.0 Å². The molecule has 3 atom stereocenters. The molecule has 3 heterocycles. The second-order valence-electron chi connectivity index (χ2n) is 5.58. The van der Waals surface area contributed by atoms with E-state index in [-0.39, 0.29) is 0 Å². The molecule has 0 bridgehead atoms. The van der Waals surface area contributed by atoms with E-state index in [0.717, 1.165) is 38.7 Å². The van der Waals surface area contributed by atoms with E-state index < -0.39 is 0 Å². The SMILES string of the molecule is CC.c1cc(N(CC2CO2)CC2CO2)ccc1OCC1CO1. The predicted octanol–water partition coefficient (Wildman–Crippen LogP) is 2.09. The summed E-state index contributed by atoms with van der Waals surface area (Å²) in [6.07, 6.45) is 1.07. The first-order valence-corrected chi connectivity index (χ1v) is 8.19. The normalized spacial score (nSPS) is 27.5. The molecule has 3 fully saturated rings. The van der Waals surface area contributed by atoms with E-state index in [1.807, 2.05) is 26.0 Å². The van der Waals surface area contributed by atoms with Crippen LogP contribution in [0.1, 0.15) is 13.8 Å². The number of benzene rings is 1. The van der Waals surface area contributed by atoms with Crippen molar-refractivity contribution < 1.29 is 18.9 Å². The molecule has 0 saturated carbocycles. The van der Waals surface area contributed by atoms with Crippen molar-refractivity contribution >= 4 is 5.69 Å². The molecular formula is C17H25NO4. The van der Waals surface area contributed by atoms with Crippen molar-refractivity contribution in [1.82, 2.24) is 0 Å². The van der Waals surface area contributed by atoms with E-state index >= 15 is 0 Å². The van der Waals surface area contributed by atoms with Crippen LogP contribution in [0.15, 0.2) is 24.3 Å². The molecule has 3 aliphatic heterocycles. The summed E-state index contributed by atoms with van der Waals surface area (Å²) in [7, 11) is 0. The van der Waals surface area contributed by atoms with Gasteiger partial charge in [0, 0.05) is 18.8 Å². The van der Waals surface area contributed by atoms with Crippen LogP contribution in [-0.2, 0) is 14.2 Å². The summed E-state index contributed by atoms with van der Waals surface area (Å²) in [4.78, 5) is 2.34. The highest BCUT2D eigenvalue weighted by molar-refractivity contribution is 5.49. The minimum Gasteiger partial charge on any atom is -0.491 e. The van der Waals surface area contributed by atoms with Crippen LogP contribution in [0.4, 0.5) is 5.69 Å². The van der Waals surface area contributed by atoms with Gasteiger partial charge in [-0.2, -0.15) is 0 Å². The molecule has 0 radical (unpaired) electrons. The maximum absolute atomic E-state index is 5.66. The van der Waals surface area contributed by atoms with Gasteiger partial charge in [-0.05, 0) is 24.3 Å². The molecule has 5 heteroatoms. The fraction of sp³-hybridized carbons (Fsp3) is 0.647. The first-order valence-electron chi connectivity index (χ1n) is 8.19. The van der Waals surface area contributed by atoms with Gasteiger partial charge in [-0.15, -0.1) is 0 Å². The average molecular weight is 307 g/mol. The maximum atomic E-state index is 5.66. The summed E-state index contributed by atoms with van der Waals surface area (Å²) in [6.45, 7) is 9.12. The Labute approximate surface area is 132 Å². The van der Waals surface area contributed by atoms with Crippen molar-refractivity contribution in [2.75, 3.05) is 44.4 Å². The standard InChI is InChI=1S/C15H19NO4.C2H6/c1-3-12(17-9-15-10-20-15)4-2-11(1)16(5-13-7-18-13)6-14-8-19-14;1-2/h1-4,13-15H,5-10H2;1-2H3. The fourth-order valence-corrected chi connectivity index (χ4v) is 2.23. The van der Waals surface area contributed by atoms with Crippen LogP contribution >= 0.6 is 0 Å². The molecule has 3 unspecified atom stereocenters. The van der Waals surface area contributed by atoms with E-state index in [1.54, 1.807) is 0 Å². The highest BCUT2D eigenvalue weighted by atomic mass is 16.6. The van der Waals surface area contributed by atoms with Crippen molar-refractivity contribution in [3.05, 3.63) is 24.3 Å². The lowest BCUT2D eigenvalue weighted by atomic mass is 10.2. The number of epoxide rings is 3. The monoisotopic (exact) mass is 307 g/mol. The number of nitrogens with zero attached hydrogens (tertiary/aromatic N) is 1. The van der Waals surface area contributed by atoms with Crippen molar-refractivity contribution in [3.8, 4) is 5.75 Å². The topological polar surface area (TPSA) is 50.1 Å². The smallest absolute Gasteiger partial charge is 0.119 e. The molecule has 3 saturated heterocycles. The number of hydrogen-bond acceptors (Lipinski definition) is 5. The molecule has 1 aromatic carbocycles. The Balaban J connectivity index is 0.000000693. The third-order valence-electron chi connectivity index (χ3n) is 3.69. The van der Waals surface area contributed by atoms with Crippen LogP contribution in [0.25, 0.3) is 0 Å². The van der Waals surface area contributed by atoms with Gasteiger partial charge in [0.15, 0.2) is 0 Å². The van der Waals surface area contributed by atoms with Crippen molar-refractivity contribution in [2.24, 2.45) is 0 Å². The highest BCUT2D eigenvalue weighted by Gasteiger charge is 2.31. The second kappa shape index (κ2) is 7.31. The second-order valence-corrected chi connectivity index (χ2v) is 5.58. The molecule has 0 aliphatic carbocycles. The predicted molar refractivity (Wildman–Crippen MR) is 84.7 cm³/mol. The van der Waals surface area contributed by atoms with Crippen LogP contribution < -0.4 is 9.64 Å². The van der Waals surface area contributed by atoms with Crippen LogP contribution in [0.3, 0.4) is 0 Å². The van der Waals surface area contributed by atoms with E-state index in [9.17, 15) is 0 Å². The summed E-state index contributed by atoms with van der Waals surface area (Å²) in [5.41, 5.74) is 1.20. The van der Waals surface area contributed by atoms with E-state index in [4.69, 9.17) is 18.9 Å². The maximum Gasteiger partial charge on any atom is 0.119 e. The van der Waals surface area contributed by atoms with Crippen LogP contribution in [0, 0.1) is 0 Å². The largest absolute Gasteiger partial charge is 0.491 e. The van der Waals surface area contributed by atoms with Crippen molar-refractivity contribution in [2.45, 2.75) is 32.2 Å². The zero-order chi connectivity index (χ0) is 15.4. The van der Waals surface area contributed by atoms with Gasteiger partial charge >= 0.3 is 0 Å². The Bertz CT molecular complexity index is 438. The van der Waals surface area contributed by atoms with Gasteiger partial charge in [0.25, 0.3) is 0 Å². The van der Waals surface area contributed by atoms with Crippen LogP contribution in [-0.4, -0.2) is 57.8 Å². The van der Waals surface area contributed by atoms with Crippen LogP contribution in [0.2, 0.25) is 0 Å². The Hall–Kier alpha value is -1.30. The molecule has 22 heavy (non-hydrogen) atoms. The zero-order valence-electron chi connectivity index (χ0n) is 13.4. The van der Waals surface area contributed by atoms with Gasteiger partial charge < -0.3 is 23.8 Å². The molecule has 0 N–H and O–H groups in total. The van der Waals surface area contributed by atoms with Crippen molar-refractivity contribution in [1.29, 1.82) is 0 Å². The highest BCUT2D eigenvalue weighted by Crippen LogP contribution is 2.25. The summed E-state index contributed by atoms with van der Waals surface area (Å²) >= 11 is 0. The minimum absolute atomic E-state index is 0.296. The Morgan fingerprint density at radius 2 is 1.41 bits per heavy atom. The quantitative estimate of drug-likeness (QED) is 0.688. The fourth-order valence-electron chi connectivity index (χ4n) is 2.23. The third kappa shape index (κ3) is 4.87. The van der Waals surface area contributed by atoms with Gasteiger partial charge in [-0.3, -0.25) is 0 Å². The third-order valence-corrected chi connectivity index (χ3v) is 3.69.